The Hall–Kier alpha value is -3.36. The number of ether oxygens (including phenoxy) is 3. The molecule has 0 radical (unpaired) electrons. The van der Waals surface area contributed by atoms with Gasteiger partial charge in [0, 0.05) is 6.42 Å². The van der Waals surface area contributed by atoms with Crippen LogP contribution in [-0.2, 0) is 23.4 Å². The topological polar surface area (TPSA) is 182 Å². The summed E-state index contributed by atoms with van der Waals surface area (Å²) >= 11 is 0. The Bertz CT molecular complexity index is 1580. The van der Waals surface area contributed by atoms with Crippen LogP contribution in [0.2, 0.25) is 0 Å². The maximum Gasteiger partial charge on any atom is 0.459 e. The molecule has 3 fully saturated rings. The molecule has 2 aliphatic carbocycles. The van der Waals surface area contributed by atoms with Gasteiger partial charge in [-0.05, 0) is 45.7 Å². The van der Waals surface area contributed by atoms with Gasteiger partial charge in [0.2, 0.25) is 11.8 Å². The molecule has 232 valence electrons. The lowest BCUT2D eigenvalue weighted by molar-refractivity contribution is -0.149. The number of nitrogen functional groups attached to an aromatic ring is 1. The molecule has 8 atom stereocenters. The average Bonchev–Trinajstić information content (AvgIpc) is 3.33. The molecule has 16 heteroatoms. The number of imidazole rings is 1. The van der Waals surface area contributed by atoms with Gasteiger partial charge in [-0.15, -0.1) is 0 Å². The standard InChI is InChI=1S/C27H34FN6O8P/c1-14(2)39-22(35)15(3)33-43(37,41-16-8-6-5-7-9-16)42-18-12-27(18)23(36)26(11-10-17(26)28)24(40-27)34-13-30-19-20(34)31-25(29)32-21(19)38-4/h5-9,13-15,17-18,23-24,36H,10-12H2,1-4H3,(H,33,37)(H2,29,31,32)/t15-,17-,18?,23-,24+,26+,27?,43?/m0/s1. The van der Waals surface area contributed by atoms with Gasteiger partial charge in [0.05, 0.1) is 31.1 Å². The summed E-state index contributed by atoms with van der Waals surface area (Å²) in [6.45, 7) is 4.86. The Morgan fingerprint density at radius 3 is 2.65 bits per heavy atom. The van der Waals surface area contributed by atoms with Crippen molar-refractivity contribution < 1.29 is 42.1 Å². The quantitative estimate of drug-likeness (QED) is 0.222. The van der Waals surface area contributed by atoms with E-state index in [1.54, 1.807) is 44.2 Å². The van der Waals surface area contributed by atoms with E-state index in [1.165, 1.54) is 24.9 Å². The van der Waals surface area contributed by atoms with Crippen molar-refractivity contribution in [3.05, 3.63) is 36.7 Å². The number of fused-ring (bicyclic) bond motifs is 1. The first-order chi connectivity index (χ1) is 20.4. The average molecular weight is 621 g/mol. The highest BCUT2D eigenvalue weighted by atomic mass is 31.2. The summed E-state index contributed by atoms with van der Waals surface area (Å²) in [5.74, 6) is -0.382. The van der Waals surface area contributed by atoms with Crippen LogP contribution in [0.4, 0.5) is 10.3 Å². The number of esters is 1. The van der Waals surface area contributed by atoms with E-state index in [0.29, 0.717) is 6.42 Å². The molecule has 2 spiro atoms. The molecule has 2 aromatic heterocycles. The van der Waals surface area contributed by atoms with Crippen LogP contribution in [0.25, 0.3) is 11.2 Å². The van der Waals surface area contributed by atoms with Crippen molar-refractivity contribution in [2.75, 3.05) is 12.8 Å². The van der Waals surface area contributed by atoms with Crippen LogP contribution in [0.5, 0.6) is 11.6 Å². The number of hydrogen-bond donors (Lipinski definition) is 3. The maximum absolute atomic E-state index is 15.5. The summed E-state index contributed by atoms with van der Waals surface area (Å²) < 4.78 is 60.0. The fourth-order valence-electron chi connectivity index (χ4n) is 5.94. The number of aromatic nitrogens is 4. The number of aliphatic hydroxyl groups excluding tert-OH is 1. The molecular formula is C27H34FN6O8P. The summed E-state index contributed by atoms with van der Waals surface area (Å²) in [5, 5.41) is 14.3. The SMILES string of the molecule is COc1nc(N)nc2c1ncn2[C@@H]1OC2(CC2OP(=O)(N[C@@H](C)C(=O)OC(C)C)Oc2ccccc2)[C@@H](O)[C@]12CC[C@@H]2F. The molecule has 4 N–H and O–H groups in total. The number of para-hydroxylation sites is 1. The third-order valence-corrected chi connectivity index (χ3v) is 9.90. The summed E-state index contributed by atoms with van der Waals surface area (Å²) in [6, 6.07) is 7.22. The lowest BCUT2D eigenvalue weighted by Crippen LogP contribution is -2.54. The second-order valence-electron chi connectivity index (χ2n) is 11.4. The van der Waals surface area contributed by atoms with E-state index < -0.39 is 61.5 Å². The Kier molecular flexibility index (Phi) is 7.37. The van der Waals surface area contributed by atoms with Gasteiger partial charge >= 0.3 is 13.7 Å². The molecule has 6 rings (SSSR count). The van der Waals surface area contributed by atoms with E-state index in [9.17, 15) is 14.5 Å². The summed E-state index contributed by atoms with van der Waals surface area (Å²) in [4.78, 5) is 25.2. The minimum atomic E-state index is -4.29. The van der Waals surface area contributed by atoms with Gasteiger partial charge in [-0.1, -0.05) is 18.2 Å². The van der Waals surface area contributed by atoms with E-state index in [1.807, 2.05) is 0 Å². The van der Waals surface area contributed by atoms with E-state index >= 15 is 4.39 Å². The van der Waals surface area contributed by atoms with E-state index in [-0.39, 0.29) is 41.6 Å². The number of halogens is 1. The van der Waals surface area contributed by atoms with Crippen LogP contribution >= 0.6 is 7.75 Å². The number of rotatable bonds is 10. The molecule has 1 aromatic carbocycles. The number of aliphatic hydroxyl groups is 1. The molecule has 1 aliphatic heterocycles. The van der Waals surface area contributed by atoms with Crippen LogP contribution in [-0.4, -0.2) is 73.8 Å². The zero-order valence-corrected chi connectivity index (χ0v) is 24.9. The van der Waals surface area contributed by atoms with E-state index in [2.05, 4.69) is 20.0 Å². The van der Waals surface area contributed by atoms with Crippen LogP contribution in [0.3, 0.4) is 0 Å². The molecule has 1 saturated heterocycles. The number of anilines is 1. The second kappa shape index (κ2) is 10.7. The first kappa shape index (κ1) is 29.7. The highest BCUT2D eigenvalue weighted by Gasteiger charge is 2.79. The first-order valence-electron chi connectivity index (χ1n) is 14.0. The summed E-state index contributed by atoms with van der Waals surface area (Å²) in [7, 11) is -2.87. The van der Waals surface area contributed by atoms with Gasteiger partial charge in [-0.2, -0.15) is 15.1 Å². The van der Waals surface area contributed by atoms with Crippen LogP contribution < -0.4 is 20.1 Å². The first-order valence-corrected chi connectivity index (χ1v) is 15.5. The number of nitrogens with two attached hydrogens (primary N) is 1. The Balaban J connectivity index is 1.31. The Morgan fingerprint density at radius 1 is 1.28 bits per heavy atom. The molecule has 3 aliphatic rings. The second-order valence-corrected chi connectivity index (χ2v) is 13.0. The predicted octanol–water partition coefficient (Wildman–Crippen LogP) is 3.07. The van der Waals surface area contributed by atoms with Crippen LogP contribution in [0.15, 0.2) is 36.7 Å². The number of benzene rings is 1. The number of nitrogens with one attached hydrogen (secondary N) is 1. The van der Waals surface area contributed by atoms with Gasteiger partial charge in [0.1, 0.15) is 35.9 Å². The highest BCUT2D eigenvalue weighted by molar-refractivity contribution is 7.52. The summed E-state index contributed by atoms with van der Waals surface area (Å²) in [6.07, 6.45) is -3.16. The minimum Gasteiger partial charge on any atom is -0.479 e. The monoisotopic (exact) mass is 620 g/mol. The largest absolute Gasteiger partial charge is 0.479 e. The molecule has 43 heavy (non-hydrogen) atoms. The van der Waals surface area contributed by atoms with Gasteiger partial charge in [-0.3, -0.25) is 13.9 Å². The lowest BCUT2D eigenvalue weighted by Gasteiger charge is -2.47. The third-order valence-electron chi connectivity index (χ3n) is 8.21. The van der Waals surface area contributed by atoms with Crippen molar-refractivity contribution in [2.24, 2.45) is 5.41 Å². The fourth-order valence-corrected chi connectivity index (χ4v) is 7.66. The van der Waals surface area contributed by atoms with Crippen molar-refractivity contribution in [3.63, 3.8) is 0 Å². The van der Waals surface area contributed by atoms with Gasteiger partial charge in [0.25, 0.3) is 0 Å². The van der Waals surface area contributed by atoms with Crippen LogP contribution in [0, 0.1) is 5.41 Å². The molecular weight excluding hydrogens is 586 g/mol. The third kappa shape index (κ3) is 4.92. The normalized spacial score (nSPS) is 31.6. The van der Waals surface area contributed by atoms with Crippen LogP contribution in [0.1, 0.15) is 46.3 Å². The number of methoxy groups -OCH3 is 1. The van der Waals surface area contributed by atoms with Crippen molar-refractivity contribution in [1.29, 1.82) is 0 Å². The van der Waals surface area contributed by atoms with Gasteiger partial charge < -0.3 is 29.6 Å². The lowest BCUT2D eigenvalue weighted by atomic mass is 9.62. The molecule has 14 nitrogen and oxygen atoms in total. The smallest absolute Gasteiger partial charge is 0.459 e. The molecule has 3 unspecified atom stereocenters. The number of hydrogen-bond acceptors (Lipinski definition) is 12. The predicted molar refractivity (Wildman–Crippen MR) is 150 cm³/mol. The van der Waals surface area contributed by atoms with Crippen molar-refractivity contribution in [2.45, 2.75) is 82.4 Å². The molecule has 3 aromatic rings. The molecule has 0 amide bonds. The molecule has 2 saturated carbocycles. The number of carbonyl (C=O) groups excluding carboxylic acids is 1. The van der Waals surface area contributed by atoms with Crippen molar-refractivity contribution in [3.8, 4) is 11.6 Å². The van der Waals surface area contributed by atoms with Gasteiger partial charge in [0.15, 0.2) is 11.2 Å². The zero-order chi connectivity index (χ0) is 30.7. The number of alkyl halides is 1. The van der Waals surface area contributed by atoms with E-state index in [4.69, 9.17) is 29.0 Å². The van der Waals surface area contributed by atoms with Crippen molar-refractivity contribution in [1.82, 2.24) is 24.6 Å². The zero-order valence-electron chi connectivity index (χ0n) is 24.0. The maximum atomic E-state index is 15.5. The van der Waals surface area contributed by atoms with Gasteiger partial charge in [-0.25, -0.2) is 13.9 Å². The summed E-state index contributed by atoms with van der Waals surface area (Å²) in [5.41, 5.74) is 3.64. The Labute approximate surface area is 246 Å². The molecule has 3 heterocycles. The number of carbonyl (C=O) groups is 1. The minimum absolute atomic E-state index is 0.0818. The van der Waals surface area contributed by atoms with Crippen molar-refractivity contribution >= 4 is 30.8 Å². The Morgan fingerprint density at radius 2 is 2.02 bits per heavy atom. The number of nitrogens with zero attached hydrogens (tertiary/aromatic N) is 4. The highest BCUT2D eigenvalue weighted by Crippen LogP contribution is 2.70. The fraction of sp³-hybridized carbons (Fsp3) is 0.556. The van der Waals surface area contributed by atoms with E-state index in [0.717, 1.165) is 0 Å². The molecule has 0 bridgehead atoms.